The van der Waals surface area contributed by atoms with E-state index in [2.05, 4.69) is 5.32 Å². The highest BCUT2D eigenvalue weighted by Crippen LogP contribution is 2.21. The van der Waals surface area contributed by atoms with Crippen LogP contribution in [0.2, 0.25) is 0 Å². The standard InChI is InChI=1S/C13H20F3NO2/c1-10(2)17-8-11-4-7-19-12(11)9-18-6-3-5-13(14,15)16/h4,7,10,17H,3,5-6,8-9H2,1-2H3. The fraction of sp³-hybridized carbons (Fsp3) is 0.692. The molecule has 1 rings (SSSR count). The van der Waals surface area contributed by atoms with Crippen molar-refractivity contribution in [1.82, 2.24) is 5.32 Å². The van der Waals surface area contributed by atoms with Crippen LogP contribution in [0.25, 0.3) is 0 Å². The molecule has 110 valence electrons. The molecule has 1 heterocycles. The molecular weight excluding hydrogens is 259 g/mol. The Balaban J connectivity index is 2.24. The molecule has 0 saturated heterocycles. The smallest absolute Gasteiger partial charge is 0.389 e. The first-order chi connectivity index (χ1) is 8.88. The Morgan fingerprint density at radius 1 is 1.37 bits per heavy atom. The fourth-order valence-corrected chi connectivity index (χ4v) is 1.50. The minimum Gasteiger partial charge on any atom is -0.467 e. The summed E-state index contributed by atoms with van der Waals surface area (Å²) in [6, 6.07) is 2.19. The van der Waals surface area contributed by atoms with E-state index in [1.165, 1.54) is 0 Å². The van der Waals surface area contributed by atoms with Crippen LogP contribution in [0.15, 0.2) is 16.7 Å². The van der Waals surface area contributed by atoms with Gasteiger partial charge < -0.3 is 14.5 Å². The second-order valence-corrected chi connectivity index (χ2v) is 4.68. The number of furan rings is 1. The van der Waals surface area contributed by atoms with Gasteiger partial charge in [0.25, 0.3) is 0 Å². The molecule has 0 aromatic carbocycles. The predicted molar refractivity (Wildman–Crippen MR) is 65.6 cm³/mol. The van der Waals surface area contributed by atoms with Crippen molar-refractivity contribution >= 4 is 0 Å². The number of ether oxygens (including phenoxy) is 1. The van der Waals surface area contributed by atoms with Gasteiger partial charge in [-0.15, -0.1) is 0 Å². The second-order valence-electron chi connectivity index (χ2n) is 4.68. The third-order valence-corrected chi connectivity index (χ3v) is 2.52. The lowest BCUT2D eigenvalue weighted by Gasteiger charge is -2.09. The van der Waals surface area contributed by atoms with Crippen LogP contribution in [0.1, 0.15) is 38.0 Å². The quantitative estimate of drug-likeness (QED) is 0.738. The lowest BCUT2D eigenvalue weighted by molar-refractivity contribution is -0.138. The molecule has 6 heteroatoms. The number of nitrogens with one attached hydrogen (secondary N) is 1. The van der Waals surface area contributed by atoms with Crippen molar-refractivity contribution in [1.29, 1.82) is 0 Å². The fourth-order valence-electron chi connectivity index (χ4n) is 1.50. The zero-order valence-electron chi connectivity index (χ0n) is 11.2. The van der Waals surface area contributed by atoms with E-state index in [0.29, 0.717) is 18.3 Å². The van der Waals surface area contributed by atoms with Gasteiger partial charge in [-0.2, -0.15) is 13.2 Å². The summed E-state index contributed by atoms with van der Waals surface area (Å²) in [4.78, 5) is 0. The molecule has 1 aromatic rings. The Morgan fingerprint density at radius 2 is 2.11 bits per heavy atom. The van der Waals surface area contributed by atoms with E-state index in [4.69, 9.17) is 9.15 Å². The lowest BCUT2D eigenvalue weighted by Crippen LogP contribution is -2.22. The van der Waals surface area contributed by atoms with Gasteiger partial charge in [-0.05, 0) is 12.5 Å². The van der Waals surface area contributed by atoms with Crippen molar-refractivity contribution in [2.75, 3.05) is 6.61 Å². The van der Waals surface area contributed by atoms with E-state index in [9.17, 15) is 13.2 Å². The van der Waals surface area contributed by atoms with Crippen LogP contribution in [0.4, 0.5) is 13.2 Å². The molecule has 0 aliphatic heterocycles. The van der Waals surface area contributed by atoms with Crippen molar-refractivity contribution in [3.63, 3.8) is 0 Å². The highest BCUT2D eigenvalue weighted by atomic mass is 19.4. The SMILES string of the molecule is CC(C)NCc1ccoc1COCCCC(F)(F)F. The van der Waals surface area contributed by atoms with E-state index < -0.39 is 12.6 Å². The number of alkyl halides is 3. The van der Waals surface area contributed by atoms with Gasteiger partial charge in [0.1, 0.15) is 12.4 Å². The first kappa shape index (κ1) is 16.0. The molecule has 0 amide bonds. The first-order valence-corrected chi connectivity index (χ1v) is 6.31. The van der Waals surface area contributed by atoms with Crippen molar-refractivity contribution < 1.29 is 22.3 Å². The molecular formula is C13H20F3NO2. The van der Waals surface area contributed by atoms with Crippen molar-refractivity contribution in [3.8, 4) is 0 Å². The normalized spacial score (nSPS) is 12.3. The monoisotopic (exact) mass is 279 g/mol. The van der Waals surface area contributed by atoms with E-state index >= 15 is 0 Å². The summed E-state index contributed by atoms with van der Waals surface area (Å²) in [7, 11) is 0. The highest BCUT2D eigenvalue weighted by Gasteiger charge is 2.25. The molecule has 1 aromatic heterocycles. The van der Waals surface area contributed by atoms with Crippen LogP contribution in [-0.4, -0.2) is 18.8 Å². The molecule has 0 spiro atoms. The maximum Gasteiger partial charge on any atom is 0.389 e. The van der Waals surface area contributed by atoms with Crippen molar-refractivity contribution in [3.05, 3.63) is 23.7 Å². The summed E-state index contributed by atoms with van der Waals surface area (Å²) >= 11 is 0. The molecule has 0 saturated carbocycles. The molecule has 0 aliphatic carbocycles. The summed E-state index contributed by atoms with van der Waals surface area (Å²) in [5.41, 5.74) is 0.976. The Hall–Kier alpha value is -1.01. The predicted octanol–water partition coefficient (Wildman–Crippen LogP) is 3.64. The molecule has 0 atom stereocenters. The molecule has 19 heavy (non-hydrogen) atoms. The molecule has 3 nitrogen and oxygen atoms in total. The second kappa shape index (κ2) is 7.55. The van der Waals surface area contributed by atoms with Crippen LogP contribution < -0.4 is 5.32 Å². The van der Waals surface area contributed by atoms with Gasteiger partial charge in [-0.1, -0.05) is 13.8 Å². The van der Waals surface area contributed by atoms with Gasteiger partial charge >= 0.3 is 6.18 Å². The van der Waals surface area contributed by atoms with Crippen LogP contribution in [-0.2, 0) is 17.9 Å². The summed E-state index contributed by atoms with van der Waals surface area (Å²) in [5.74, 6) is 0.667. The van der Waals surface area contributed by atoms with Gasteiger partial charge in [0, 0.05) is 31.2 Å². The minimum atomic E-state index is -4.11. The summed E-state index contributed by atoms with van der Waals surface area (Å²) in [5, 5.41) is 3.25. The summed E-state index contributed by atoms with van der Waals surface area (Å²) in [6.45, 7) is 5.02. The molecule has 0 fully saturated rings. The largest absolute Gasteiger partial charge is 0.467 e. The number of hydrogen-bond donors (Lipinski definition) is 1. The van der Waals surface area contributed by atoms with Gasteiger partial charge in [-0.3, -0.25) is 0 Å². The first-order valence-electron chi connectivity index (χ1n) is 6.31. The van der Waals surface area contributed by atoms with Gasteiger partial charge in [0.05, 0.1) is 6.26 Å². The van der Waals surface area contributed by atoms with E-state index in [1.807, 2.05) is 19.9 Å². The van der Waals surface area contributed by atoms with Crippen LogP contribution in [0.3, 0.4) is 0 Å². The topological polar surface area (TPSA) is 34.4 Å². The lowest BCUT2D eigenvalue weighted by atomic mass is 10.2. The Bertz CT molecular complexity index is 361. The maximum absolute atomic E-state index is 11.9. The third kappa shape index (κ3) is 7.22. The van der Waals surface area contributed by atoms with E-state index in [-0.39, 0.29) is 19.6 Å². The molecule has 0 bridgehead atoms. The Kier molecular flexibility index (Phi) is 6.37. The van der Waals surface area contributed by atoms with Crippen molar-refractivity contribution in [2.45, 2.75) is 52.1 Å². The number of halogens is 3. The average molecular weight is 279 g/mol. The molecule has 0 unspecified atom stereocenters. The highest BCUT2D eigenvalue weighted by molar-refractivity contribution is 5.16. The third-order valence-electron chi connectivity index (χ3n) is 2.52. The number of hydrogen-bond acceptors (Lipinski definition) is 3. The molecule has 0 aliphatic rings. The zero-order chi connectivity index (χ0) is 14.3. The van der Waals surface area contributed by atoms with Gasteiger partial charge in [0.2, 0.25) is 0 Å². The minimum absolute atomic E-state index is 0.0240. The Labute approximate surface area is 111 Å². The van der Waals surface area contributed by atoms with Gasteiger partial charge in [0.15, 0.2) is 0 Å². The van der Waals surface area contributed by atoms with Crippen LogP contribution in [0, 0.1) is 0 Å². The summed E-state index contributed by atoms with van der Waals surface area (Å²) in [6.07, 6.45) is -3.39. The average Bonchev–Trinajstić information content (AvgIpc) is 2.72. The van der Waals surface area contributed by atoms with E-state index in [0.717, 1.165) is 5.56 Å². The number of rotatable bonds is 8. The molecule has 0 radical (unpaired) electrons. The van der Waals surface area contributed by atoms with E-state index in [1.54, 1.807) is 6.26 Å². The Morgan fingerprint density at radius 3 is 2.74 bits per heavy atom. The summed E-state index contributed by atoms with van der Waals surface area (Å²) < 4.78 is 46.2. The van der Waals surface area contributed by atoms with Gasteiger partial charge in [-0.25, -0.2) is 0 Å². The zero-order valence-corrected chi connectivity index (χ0v) is 11.2. The van der Waals surface area contributed by atoms with Crippen LogP contribution in [0.5, 0.6) is 0 Å². The van der Waals surface area contributed by atoms with Crippen molar-refractivity contribution in [2.24, 2.45) is 0 Å². The molecule has 1 N–H and O–H groups in total. The maximum atomic E-state index is 11.9. The van der Waals surface area contributed by atoms with Crippen LogP contribution >= 0.6 is 0 Å².